The third kappa shape index (κ3) is 12.0. The van der Waals surface area contributed by atoms with Crippen molar-refractivity contribution in [3.63, 3.8) is 0 Å². The van der Waals surface area contributed by atoms with E-state index < -0.39 is 66.2 Å². The number of primary amides is 1. The molecule has 4 amide bonds. The number of aliphatic carboxylic acids is 2. The van der Waals surface area contributed by atoms with Gasteiger partial charge in [-0.3, -0.25) is 24.0 Å². The highest BCUT2D eigenvalue weighted by atomic mass is 16.4. The molecule has 0 radical (unpaired) electrons. The molecule has 0 heterocycles. The Kier molecular flexibility index (Phi) is 12.7. The summed E-state index contributed by atoms with van der Waals surface area (Å²) >= 11 is 0. The smallest absolute Gasteiger partial charge is 0.326 e. The predicted molar refractivity (Wildman–Crippen MR) is 132 cm³/mol. The summed E-state index contributed by atoms with van der Waals surface area (Å²) in [4.78, 5) is 72.3. The van der Waals surface area contributed by atoms with Crippen LogP contribution in [0.3, 0.4) is 0 Å². The molecule has 0 unspecified atom stereocenters. The largest absolute Gasteiger partial charge is 0.481 e. The minimum absolute atomic E-state index is 0.00143. The van der Waals surface area contributed by atoms with Gasteiger partial charge in [-0.15, -0.1) is 0 Å². The molecule has 0 saturated carbocycles. The van der Waals surface area contributed by atoms with E-state index in [0.29, 0.717) is 5.56 Å². The van der Waals surface area contributed by atoms with Gasteiger partial charge in [0, 0.05) is 12.8 Å². The number of carbonyl (C=O) groups is 6. The molecule has 204 valence electrons. The van der Waals surface area contributed by atoms with Crippen molar-refractivity contribution in [3.05, 3.63) is 35.9 Å². The van der Waals surface area contributed by atoms with E-state index in [2.05, 4.69) is 16.0 Å². The molecule has 9 N–H and O–H groups in total. The number of amides is 4. The van der Waals surface area contributed by atoms with Crippen molar-refractivity contribution < 1.29 is 39.0 Å². The van der Waals surface area contributed by atoms with Gasteiger partial charge < -0.3 is 37.6 Å². The van der Waals surface area contributed by atoms with Gasteiger partial charge in [-0.25, -0.2) is 4.79 Å². The second-order valence-electron chi connectivity index (χ2n) is 9.05. The van der Waals surface area contributed by atoms with Crippen LogP contribution in [0.1, 0.15) is 45.1 Å². The van der Waals surface area contributed by atoms with E-state index in [0.717, 1.165) is 0 Å². The molecule has 0 aliphatic rings. The van der Waals surface area contributed by atoms with Gasteiger partial charge in [-0.2, -0.15) is 0 Å². The summed E-state index contributed by atoms with van der Waals surface area (Å²) < 4.78 is 0. The third-order valence-corrected chi connectivity index (χ3v) is 5.28. The van der Waals surface area contributed by atoms with Crippen LogP contribution < -0.4 is 27.4 Å². The first-order valence-electron chi connectivity index (χ1n) is 11.7. The van der Waals surface area contributed by atoms with Gasteiger partial charge in [-0.1, -0.05) is 44.2 Å². The molecule has 4 atom stereocenters. The lowest BCUT2D eigenvalue weighted by Gasteiger charge is -2.25. The quantitative estimate of drug-likeness (QED) is 0.139. The zero-order chi connectivity index (χ0) is 28.1. The number of carboxylic acids is 2. The second-order valence-corrected chi connectivity index (χ2v) is 9.05. The normalized spacial score (nSPS) is 14.1. The lowest BCUT2D eigenvalue weighted by Crippen LogP contribution is -2.58. The second kappa shape index (κ2) is 15.2. The lowest BCUT2D eigenvalue weighted by atomic mass is 10.0. The number of nitrogens with two attached hydrogens (primary N) is 2. The van der Waals surface area contributed by atoms with E-state index in [4.69, 9.17) is 16.6 Å². The van der Waals surface area contributed by atoms with Crippen molar-refractivity contribution in [1.82, 2.24) is 16.0 Å². The van der Waals surface area contributed by atoms with Crippen molar-refractivity contribution in [2.75, 3.05) is 0 Å². The Hall–Kier alpha value is -4.00. The van der Waals surface area contributed by atoms with Crippen molar-refractivity contribution in [2.45, 2.75) is 70.1 Å². The topological polar surface area (TPSA) is 231 Å². The first-order chi connectivity index (χ1) is 17.3. The molecule has 1 aromatic carbocycles. The third-order valence-electron chi connectivity index (χ3n) is 5.28. The van der Waals surface area contributed by atoms with Gasteiger partial charge in [0.15, 0.2) is 0 Å². The van der Waals surface area contributed by atoms with Crippen molar-refractivity contribution in [1.29, 1.82) is 0 Å². The maximum Gasteiger partial charge on any atom is 0.326 e. The molecule has 0 aromatic heterocycles. The van der Waals surface area contributed by atoms with Gasteiger partial charge in [0.2, 0.25) is 23.6 Å². The van der Waals surface area contributed by atoms with E-state index in [-0.39, 0.29) is 31.6 Å². The Morgan fingerprint density at radius 2 is 1.38 bits per heavy atom. The summed E-state index contributed by atoms with van der Waals surface area (Å²) in [5, 5.41) is 25.6. The van der Waals surface area contributed by atoms with Gasteiger partial charge in [0.1, 0.15) is 18.1 Å². The molecule has 1 aromatic rings. The molecule has 0 saturated heterocycles. The minimum atomic E-state index is -1.46. The van der Waals surface area contributed by atoms with Gasteiger partial charge >= 0.3 is 11.9 Å². The average Bonchev–Trinajstić information content (AvgIpc) is 2.80. The average molecular weight is 522 g/mol. The molecule has 0 fully saturated rings. The van der Waals surface area contributed by atoms with Crippen LogP contribution in [0.2, 0.25) is 0 Å². The van der Waals surface area contributed by atoms with Crippen LogP contribution in [-0.4, -0.2) is 69.9 Å². The van der Waals surface area contributed by atoms with Crippen LogP contribution in [0.4, 0.5) is 0 Å². The van der Waals surface area contributed by atoms with Gasteiger partial charge in [-0.05, 0) is 24.3 Å². The summed E-state index contributed by atoms with van der Waals surface area (Å²) in [5.74, 6) is -5.90. The van der Waals surface area contributed by atoms with Crippen LogP contribution in [0.25, 0.3) is 0 Å². The molecular weight excluding hydrogens is 486 g/mol. The number of hydrogen-bond donors (Lipinski definition) is 7. The lowest BCUT2D eigenvalue weighted by molar-refractivity contribution is -0.142. The Labute approximate surface area is 214 Å². The molecule has 1 rings (SSSR count). The van der Waals surface area contributed by atoms with E-state index in [1.54, 1.807) is 44.2 Å². The summed E-state index contributed by atoms with van der Waals surface area (Å²) in [6.45, 7) is 3.60. The van der Waals surface area contributed by atoms with E-state index in [9.17, 15) is 33.9 Å². The first kappa shape index (κ1) is 31.0. The number of nitrogens with one attached hydrogen (secondary N) is 3. The Balaban J connectivity index is 3.15. The summed E-state index contributed by atoms with van der Waals surface area (Å²) in [6.07, 6.45) is -1.07. The molecule has 0 aliphatic heterocycles. The monoisotopic (exact) mass is 521 g/mol. The van der Waals surface area contributed by atoms with Crippen LogP contribution in [0.15, 0.2) is 30.3 Å². The van der Waals surface area contributed by atoms with E-state index in [1.807, 2.05) is 0 Å². The fraction of sp³-hybridized carbons (Fsp3) is 0.500. The Bertz CT molecular complexity index is 969. The predicted octanol–water partition coefficient (Wildman–Crippen LogP) is -1.12. The SMILES string of the molecule is CC(C)C[C@H](NC(=O)[C@H](Cc1ccccc1)NC(=O)[C@H](CCC(N)=O)NC(=O)[C@@H](N)CC(=O)O)C(=O)O. The van der Waals surface area contributed by atoms with E-state index >= 15 is 0 Å². The number of carbonyl (C=O) groups excluding carboxylic acids is 4. The standard InChI is InChI=1S/C24H35N5O8/c1-13(2)10-18(24(36)37)29-23(35)17(11-14-6-4-3-5-7-14)28-22(34)16(8-9-19(26)30)27-21(33)15(25)12-20(31)32/h3-7,13,15-18H,8-12,25H2,1-2H3,(H2,26,30)(H,27,33)(H,28,34)(H,29,35)(H,31,32)(H,36,37)/t15-,16-,17-,18-/m0/s1. The highest BCUT2D eigenvalue weighted by molar-refractivity contribution is 5.95. The minimum Gasteiger partial charge on any atom is -0.481 e. The first-order valence-corrected chi connectivity index (χ1v) is 11.7. The fourth-order valence-electron chi connectivity index (χ4n) is 3.41. The molecule has 13 nitrogen and oxygen atoms in total. The van der Waals surface area contributed by atoms with Crippen LogP contribution in [-0.2, 0) is 35.2 Å². The molecule has 37 heavy (non-hydrogen) atoms. The zero-order valence-electron chi connectivity index (χ0n) is 20.8. The number of hydrogen-bond acceptors (Lipinski definition) is 7. The Morgan fingerprint density at radius 3 is 1.89 bits per heavy atom. The van der Waals surface area contributed by atoms with Crippen LogP contribution >= 0.6 is 0 Å². The van der Waals surface area contributed by atoms with Crippen molar-refractivity contribution in [3.8, 4) is 0 Å². The van der Waals surface area contributed by atoms with Gasteiger partial charge in [0.05, 0.1) is 12.5 Å². The fourth-order valence-corrected chi connectivity index (χ4v) is 3.41. The molecule has 13 heteroatoms. The Morgan fingerprint density at radius 1 is 0.838 bits per heavy atom. The van der Waals surface area contributed by atoms with Crippen LogP contribution in [0.5, 0.6) is 0 Å². The van der Waals surface area contributed by atoms with Crippen molar-refractivity contribution >= 4 is 35.6 Å². The van der Waals surface area contributed by atoms with E-state index in [1.165, 1.54) is 0 Å². The highest BCUT2D eigenvalue weighted by Gasteiger charge is 2.31. The molecular formula is C24H35N5O8. The zero-order valence-corrected chi connectivity index (χ0v) is 20.8. The van der Waals surface area contributed by atoms with Crippen LogP contribution in [0, 0.1) is 5.92 Å². The highest BCUT2D eigenvalue weighted by Crippen LogP contribution is 2.09. The van der Waals surface area contributed by atoms with Gasteiger partial charge in [0.25, 0.3) is 0 Å². The molecule has 0 bridgehead atoms. The number of carboxylic acid groups (broad SMARTS) is 2. The molecule has 0 aliphatic carbocycles. The summed E-state index contributed by atoms with van der Waals surface area (Å²) in [7, 11) is 0. The van der Waals surface area contributed by atoms with Crippen molar-refractivity contribution in [2.24, 2.45) is 17.4 Å². The summed E-state index contributed by atoms with van der Waals surface area (Å²) in [5.41, 5.74) is 11.4. The number of benzene rings is 1. The maximum atomic E-state index is 13.1. The summed E-state index contributed by atoms with van der Waals surface area (Å²) in [6, 6.07) is 3.39. The maximum absolute atomic E-state index is 13.1. The molecule has 0 spiro atoms. The number of rotatable bonds is 16.